The van der Waals surface area contributed by atoms with Crippen molar-refractivity contribution in [2.24, 2.45) is 0 Å². The lowest BCUT2D eigenvalue weighted by molar-refractivity contribution is 0.0605. The minimum Gasteiger partial charge on any atom is -0.379 e. The molecule has 0 heterocycles. The maximum Gasteiger partial charge on any atom is 0.170 e. The van der Waals surface area contributed by atoms with E-state index in [0.717, 1.165) is 11.1 Å². The largest absolute Gasteiger partial charge is 0.379 e. The summed E-state index contributed by atoms with van der Waals surface area (Å²) in [5.41, 5.74) is 1.81. The molecular weight excluding hydrogens is 260 g/mol. The van der Waals surface area contributed by atoms with Crippen LogP contribution < -0.4 is 0 Å². The van der Waals surface area contributed by atoms with Crippen molar-refractivity contribution in [3.63, 3.8) is 0 Å². The maximum absolute atomic E-state index is 12.8. The number of Topliss-reactive ketones (excluding diaryl/α,β-unsaturated/α-hetero) is 1. The molecule has 2 atom stereocenters. The van der Waals surface area contributed by atoms with Crippen LogP contribution in [0, 0.1) is 0 Å². The Hall–Kier alpha value is -1.93. The Bertz CT molecular complexity index is 548. The second-order valence-corrected chi connectivity index (χ2v) is 5.20. The van der Waals surface area contributed by atoms with Crippen LogP contribution in [0.25, 0.3) is 0 Å². The highest BCUT2D eigenvalue weighted by Gasteiger charge is 2.24. The van der Waals surface area contributed by atoms with Gasteiger partial charge < -0.3 is 4.74 Å². The number of ketones is 1. The van der Waals surface area contributed by atoms with E-state index in [-0.39, 0.29) is 17.8 Å². The first-order valence-corrected chi connectivity index (χ1v) is 7.48. The fraction of sp³-hybridized carbons (Fsp3) is 0.316. The highest BCUT2D eigenvalue weighted by atomic mass is 16.5. The van der Waals surface area contributed by atoms with Crippen molar-refractivity contribution in [1.82, 2.24) is 0 Å². The summed E-state index contributed by atoms with van der Waals surface area (Å²) in [5.74, 6) is 0.00324. The van der Waals surface area contributed by atoms with Gasteiger partial charge in [0.25, 0.3) is 0 Å². The summed E-state index contributed by atoms with van der Waals surface area (Å²) in [6, 6.07) is 19.5. The molecule has 2 unspecified atom stereocenters. The van der Waals surface area contributed by atoms with Gasteiger partial charge in [0.15, 0.2) is 5.78 Å². The van der Waals surface area contributed by atoms with Crippen molar-refractivity contribution in [3.8, 4) is 0 Å². The van der Waals surface area contributed by atoms with Gasteiger partial charge in [-0.1, -0.05) is 60.7 Å². The van der Waals surface area contributed by atoms with E-state index in [2.05, 4.69) is 0 Å². The third-order valence-electron chi connectivity index (χ3n) is 3.60. The van der Waals surface area contributed by atoms with Crippen molar-refractivity contribution in [2.75, 3.05) is 6.61 Å². The third kappa shape index (κ3) is 4.27. The fourth-order valence-corrected chi connectivity index (χ4v) is 2.57. The van der Waals surface area contributed by atoms with E-state index in [4.69, 9.17) is 4.74 Å². The molecule has 2 aromatic rings. The van der Waals surface area contributed by atoms with Crippen LogP contribution in [0.5, 0.6) is 0 Å². The zero-order valence-corrected chi connectivity index (χ0v) is 12.7. The topological polar surface area (TPSA) is 26.3 Å². The molecule has 0 radical (unpaired) electrons. The number of ether oxygens (including phenoxy) is 1. The highest BCUT2D eigenvalue weighted by molar-refractivity contribution is 6.00. The van der Waals surface area contributed by atoms with Gasteiger partial charge in [-0.25, -0.2) is 0 Å². The average molecular weight is 282 g/mol. The van der Waals surface area contributed by atoms with E-state index in [1.165, 1.54) is 0 Å². The Kier molecular flexibility index (Phi) is 5.70. The molecule has 2 aromatic carbocycles. The molecule has 0 aromatic heterocycles. The first-order chi connectivity index (χ1) is 10.2. The minimum absolute atomic E-state index is 0.0628. The van der Waals surface area contributed by atoms with Crippen molar-refractivity contribution in [2.45, 2.75) is 32.3 Å². The van der Waals surface area contributed by atoms with Crippen LogP contribution in [0.1, 0.15) is 42.1 Å². The van der Waals surface area contributed by atoms with Gasteiger partial charge in [0.05, 0.1) is 6.10 Å². The van der Waals surface area contributed by atoms with E-state index < -0.39 is 0 Å². The molecule has 0 spiro atoms. The third-order valence-corrected chi connectivity index (χ3v) is 3.60. The van der Waals surface area contributed by atoms with Gasteiger partial charge in [0.1, 0.15) is 0 Å². The van der Waals surface area contributed by atoms with E-state index in [1.807, 2.05) is 74.5 Å². The molecule has 2 rings (SSSR count). The molecular formula is C19H22O2. The molecule has 21 heavy (non-hydrogen) atoms. The molecule has 0 fully saturated rings. The van der Waals surface area contributed by atoms with Gasteiger partial charge in [-0.3, -0.25) is 4.79 Å². The lowest BCUT2D eigenvalue weighted by Gasteiger charge is -2.20. The van der Waals surface area contributed by atoms with Crippen LogP contribution in [0.2, 0.25) is 0 Å². The fourth-order valence-electron chi connectivity index (χ4n) is 2.57. The smallest absolute Gasteiger partial charge is 0.170 e. The number of rotatable bonds is 7. The molecule has 0 saturated heterocycles. The van der Waals surface area contributed by atoms with Crippen molar-refractivity contribution in [1.29, 1.82) is 0 Å². The molecule has 0 saturated carbocycles. The summed E-state index contributed by atoms with van der Waals surface area (Å²) in [5, 5.41) is 0. The monoisotopic (exact) mass is 282 g/mol. The van der Waals surface area contributed by atoms with Crippen LogP contribution in [-0.2, 0) is 4.74 Å². The van der Waals surface area contributed by atoms with Crippen LogP contribution >= 0.6 is 0 Å². The van der Waals surface area contributed by atoms with E-state index in [9.17, 15) is 4.79 Å². The number of hydrogen-bond acceptors (Lipinski definition) is 2. The minimum atomic E-state index is -0.157. The van der Waals surface area contributed by atoms with Crippen LogP contribution in [0.3, 0.4) is 0 Å². The van der Waals surface area contributed by atoms with Crippen molar-refractivity contribution >= 4 is 5.78 Å². The summed E-state index contributed by atoms with van der Waals surface area (Å²) in [6.07, 6.45) is 0.763. The highest BCUT2D eigenvalue weighted by Crippen LogP contribution is 2.26. The first-order valence-electron chi connectivity index (χ1n) is 7.48. The number of carbonyl (C=O) groups excluding carboxylic acids is 1. The quantitative estimate of drug-likeness (QED) is 0.700. The van der Waals surface area contributed by atoms with Crippen molar-refractivity contribution < 1.29 is 9.53 Å². The summed E-state index contributed by atoms with van der Waals surface area (Å²) >= 11 is 0. The normalized spacial score (nSPS) is 13.6. The number of carbonyl (C=O) groups is 1. The van der Waals surface area contributed by atoms with E-state index in [1.54, 1.807) is 0 Å². The van der Waals surface area contributed by atoms with Crippen molar-refractivity contribution in [3.05, 3.63) is 71.8 Å². The summed E-state index contributed by atoms with van der Waals surface area (Å²) in [6.45, 7) is 4.67. The van der Waals surface area contributed by atoms with Gasteiger partial charge >= 0.3 is 0 Å². The second-order valence-electron chi connectivity index (χ2n) is 5.20. The summed E-state index contributed by atoms with van der Waals surface area (Å²) < 4.78 is 5.63. The molecule has 110 valence electrons. The molecule has 2 nitrogen and oxygen atoms in total. The van der Waals surface area contributed by atoms with E-state index in [0.29, 0.717) is 13.0 Å². The van der Waals surface area contributed by atoms with E-state index >= 15 is 0 Å². The number of hydrogen-bond donors (Lipinski definition) is 0. The zero-order chi connectivity index (χ0) is 15.1. The van der Waals surface area contributed by atoms with Gasteiger partial charge in [0, 0.05) is 18.1 Å². The first kappa shape index (κ1) is 15.5. The predicted octanol–water partition coefficient (Wildman–Crippen LogP) is 4.47. The van der Waals surface area contributed by atoms with Gasteiger partial charge in [-0.15, -0.1) is 0 Å². The average Bonchev–Trinajstić information content (AvgIpc) is 2.54. The van der Waals surface area contributed by atoms with Gasteiger partial charge in [-0.05, 0) is 25.8 Å². The molecule has 0 aliphatic heterocycles. The van der Waals surface area contributed by atoms with Crippen LogP contribution in [-0.4, -0.2) is 18.5 Å². The summed E-state index contributed by atoms with van der Waals surface area (Å²) in [7, 11) is 0. The Morgan fingerprint density at radius 2 is 1.57 bits per heavy atom. The number of benzene rings is 2. The maximum atomic E-state index is 12.8. The Labute approximate surface area is 126 Å². The SMILES string of the molecule is CCOC(C)CC(C(=O)c1ccccc1)c1ccccc1. The second kappa shape index (κ2) is 7.75. The lowest BCUT2D eigenvalue weighted by atomic mass is 9.86. The Morgan fingerprint density at radius 3 is 2.14 bits per heavy atom. The molecule has 0 N–H and O–H groups in total. The lowest BCUT2D eigenvalue weighted by Crippen LogP contribution is -2.20. The van der Waals surface area contributed by atoms with Gasteiger partial charge in [-0.2, -0.15) is 0 Å². The molecule has 2 heteroatoms. The van der Waals surface area contributed by atoms with Crippen LogP contribution in [0.15, 0.2) is 60.7 Å². The molecule has 0 aliphatic rings. The van der Waals surface area contributed by atoms with Gasteiger partial charge in [0.2, 0.25) is 0 Å². The molecule has 0 aliphatic carbocycles. The molecule has 0 amide bonds. The Morgan fingerprint density at radius 1 is 1.00 bits per heavy atom. The van der Waals surface area contributed by atoms with Crippen LogP contribution in [0.4, 0.5) is 0 Å². The predicted molar refractivity (Wildman–Crippen MR) is 85.7 cm³/mol. The standard InChI is InChI=1S/C19H22O2/c1-3-21-15(2)14-18(16-10-6-4-7-11-16)19(20)17-12-8-5-9-13-17/h4-13,15,18H,3,14H2,1-2H3. The zero-order valence-electron chi connectivity index (χ0n) is 12.7. The Balaban J connectivity index is 2.25. The summed E-state index contributed by atoms with van der Waals surface area (Å²) in [4.78, 5) is 12.8. The molecule has 0 bridgehead atoms.